The number of rotatable bonds is 7. The van der Waals surface area contributed by atoms with Crippen molar-refractivity contribution in [2.24, 2.45) is 23.0 Å². The van der Waals surface area contributed by atoms with Crippen molar-refractivity contribution < 1.29 is 9.53 Å². The molecule has 0 aliphatic heterocycles. The standard InChI is InChI=1S/C15H31NO2/c1-11(2)8-15(9-12(3)4,14(5,6)16)10-13(17)18-7/h11-12H,8-10,16H2,1-7H3. The van der Waals surface area contributed by atoms with Gasteiger partial charge in [-0.05, 0) is 43.9 Å². The number of hydrogen-bond acceptors (Lipinski definition) is 3. The lowest BCUT2D eigenvalue weighted by atomic mass is 9.61. The van der Waals surface area contributed by atoms with Crippen molar-refractivity contribution in [3.05, 3.63) is 0 Å². The van der Waals surface area contributed by atoms with Crippen LogP contribution in [-0.2, 0) is 9.53 Å². The molecule has 0 radical (unpaired) electrons. The molecule has 0 amide bonds. The van der Waals surface area contributed by atoms with Crippen LogP contribution in [0.25, 0.3) is 0 Å². The molecular formula is C15H31NO2. The number of carbonyl (C=O) groups is 1. The topological polar surface area (TPSA) is 52.3 Å². The Bertz CT molecular complexity index is 254. The van der Waals surface area contributed by atoms with Gasteiger partial charge in [-0.25, -0.2) is 0 Å². The highest BCUT2D eigenvalue weighted by Crippen LogP contribution is 2.45. The Kier molecular flexibility index (Phi) is 6.35. The highest BCUT2D eigenvalue weighted by molar-refractivity contribution is 5.70. The molecule has 0 aliphatic carbocycles. The molecule has 0 aromatic heterocycles. The van der Waals surface area contributed by atoms with Crippen LogP contribution in [0.3, 0.4) is 0 Å². The second kappa shape index (κ2) is 6.55. The van der Waals surface area contributed by atoms with Gasteiger partial charge in [0.2, 0.25) is 0 Å². The molecule has 0 aromatic carbocycles. The third-order valence-corrected chi connectivity index (χ3v) is 3.68. The van der Waals surface area contributed by atoms with E-state index in [1.165, 1.54) is 7.11 Å². The number of carbonyl (C=O) groups excluding carboxylic acids is 1. The maximum atomic E-state index is 11.8. The van der Waals surface area contributed by atoms with E-state index in [-0.39, 0.29) is 11.4 Å². The summed E-state index contributed by atoms with van der Waals surface area (Å²) < 4.78 is 4.87. The Labute approximate surface area is 112 Å². The maximum Gasteiger partial charge on any atom is 0.306 e. The molecule has 0 bridgehead atoms. The highest BCUT2D eigenvalue weighted by atomic mass is 16.5. The van der Waals surface area contributed by atoms with Crippen molar-refractivity contribution in [3.8, 4) is 0 Å². The molecule has 108 valence electrons. The predicted molar refractivity (Wildman–Crippen MR) is 76.2 cm³/mol. The van der Waals surface area contributed by atoms with Crippen molar-refractivity contribution >= 4 is 5.97 Å². The molecule has 0 aliphatic rings. The van der Waals surface area contributed by atoms with E-state index in [9.17, 15) is 4.79 Å². The zero-order valence-electron chi connectivity index (χ0n) is 13.2. The molecule has 0 saturated carbocycles. The summed E-state index contributed by atoms with van der Waals surface area (Å²) in [5.41, 5.74) is 5.82. The lowest BCUT2D eigenvalue weighted by Gasteiger charge is -2.46. The second-order valence-electron chi connectivity index (χ2n) is 6.95. The molecule has 0 saturated heterocycles. The molecule has 0 fully saturated rings. The smallest absolute Gasteiger partial charge is 0.306 e. The predicted octanol–water partition coefficient (Wildman–Crippen LogP) is 3.37. The van der Waals surface area contributed by atoms with Gasteiger partial charge >= 0.3 is 5.97 Å². The lowest BCUT2D eigenvalue weighted by Crippen LogP contribution is -2.53. The summed E-state index contributed by atoms with van der Waals surface area (Å²) in [6.45, 7) is 12.8. The van der Waals surface area contributed by atoms with Gasteiger partial charge in [0.15, 0.2) is 0 Å². The minimum Gasteiger partial charge on any atom is -0.469 e. The van der Waals surface area contributed by atoms with Gasteiger partial charge in [0.05, 0.1) is 13.5 Å². The van der Waals surface area contributed by atoms with Gasteiger partial charge in [-0.15, -0.1) is 0 Å². The van der Waals surface area contributed by atoms with Gasteiger partial charge in [0.1, 0.15) is 0 Å². The van der Waals surface area contributed by atoms with Crippen molar-refractivity contribution in [2.75, 3.05) is 7.11 Å². The van der Waals surface area contributed by atoms with Crippen LogP contribution < -0.4 is 5.73 Å². The first-order chi connectivity index (χ1) is 8.04. The Morgan fingerprint density at radius 1 is 1.11 bits per heavy atom. The lowest BCUT2D eigenvalue weighted by molar-refractivity contribution is -0.145. The number of hydrogen-bond donors (Lipinski definition) is 1. The highest BCUT2D eigenvalue weighted by Gasteiger charge is 2.44. The van der Waals surface area contributed by atoms with Crippen LogP contribution in [0, 0.1) is 17.3 Å². The molecule has 3 nitrogen and oxygen atoms in total. The molecule has 0 heterocycles. The van der Waals surface area contributed by atoms with E-state index >= 15 is 0 Å². The van der Waals surface area contributed by atoms with Gasteiger partial charge in [0.25, 0.3) is 0 Å². The largest absolute Gasteiger partial charge is 0.469 e. The minimum atomic E-state index is -0.393. The van der Waals surface area contributed by atoms with Crippen molar-refractivity contribution in [3.63, 3.8) is 0 Å². The van der Waals surface area contributed by atoms with E-state index in [4.69, 9.17) is 10.5 Å². The second-order valence-corrected chi connectivity index (χ2v) is 6.95. The quantitative estimate of drug-likeness (QED) is 0.711. The van der Waals surface area contributed by atoms with Crippen molar-refractivity contribution in [1.82, 2.24) is 0 Å². The zero-order chi connectivity index (χ0) is 14.6. The molecule has 18 heavy (non-hydrogen) atoms. The average molecular weight is 257 g/mol. The van der Waals surface area contributed by atoms with Gasteiger partial charge in [-0.1, -0.05) is 27.7 Å². The molecule has 0 unspecified atom stereocenters. The van der Waals surface area contributed by atoms with Crippen LogP contribution >= 0.6 is 0 Å². The van der Waals surface area contributed by atoms with E-state index in [1.807, 2.05) is 13.8 Å². The summed E-state index contributed by atoms with van der Waals surface area (Å²) in [6.07, 6.45) is 2.30. The van der Waals surface area contributed by atoms with E-state index in [2.05, 4.69) is 27.7 Å². The normalized spacial score (nSPS) is 13.2. The molecule has 0 atom stereocenters. The summed E-state index contributed by atoms with van der Waals surface area (Å²) in [5, 5.41) is 0. The SMILES string of the molecule is COC(=O)CC(CC(C)C)(CC(C)C)C(C)(C)N. The maximum absolute atomic E-state index is 11.8. The van der Waals surface area contributed by atoms with Crippen LogP contribution in [0.2, 0.25) is 0 Å². The first-order valence-electron chi connectivity index (χ1n) is 6.90. The number of nitrogens with two attached hydrogens (primary N) is 1. The fourth-order valence-electron chi connectivity index (χ4n) is 2.89. The first kappa shape index (κ1) is 17.4. The summed E-state index contributed by atoms with van der Waals surface area (Å²) >= 11 is 0. The monoisotopic (exact) mass is 257 g/mol. The van der Waals surface area contributed by atoms with Crippen molar-refractivity contribution in [2.45, 2.75) is 66.3 Å². The summed E-state index contributed by atoms with van der Waals surface area (Å²) in [6, 6.07) is 0. The first-order valence-corrected chi connectivity index (χ1v) is 6.90. The van der Waals surface area contributed by atoms with E-state index < -0.39 is 5.54 Å². The Hall–Kier alpha value is -0.570. The minimum absolute atomic E-state index is 0.158. The summed E-state index contributed by atoms with van der Waals surface area (Å²) in [7, 11) is 1.45. The van der Waals surface area contributed by atoms with Crippen LogP contribution in [0.4, 0.5) is 0 Å². The van der Waals surface area contributed by atoms with E-state index in [1.54, 1.807) is 0 Å². The van der Waals surface area contributed by atoms with Crippen LogP contribution in [-0.4, -0.2) is 18.6 Å². The fourth-order valence-corrected chi connectivity index (χ4v) is 2.89. The van der Waals surface area contributed by atoms with Crippen LogP contribution in [0.1, 0.15) is 60.8 Å². The number of esters is 1. The van der Waals surface area contributed by atoms with Crippen LogP contribution in [0.15, 0.2) is 0 Å². The Morgan fingerprint density at radius 2 is 1.50 bits per heavy atom. The number of ether oxygens (including phenoxy) is 1. The third kappa shape index (κ3) is 4.97. The fraction of sp³-hybridized carbons (Fsp3) is 0.933. The molecule has 0 aromatic rings. The zero-order valence-corrected chi connectivity index (χ0v) is 13.2. The summed E-state index contributed by atoms with van der Waals surface area (Å²) in [5.74, 6) is 0.863. The van der Waals surface area contributed by atoms with Gasteiger partial charge in [-0.2, -0.15) is 0 Å². The van der Waals surface area contributed by atoms with Gasteiger partial charge in [-0.3, -0.25) is 4.79 Å². The van der Waals surface area contributed by atoms with Gasteiger partial charge < -0.3 is 10.5 Å². The molecular weight excluding hydrogens is 226 g/mol. The molecule has 0 rings (SSSR count). The molecule has 0 spiro atoms. The van der Waals surface area contributed by atoms with Crippen LogP contribution in [0.5, 0.6) is 0 Å². The summed E-state index contributed by atoms with van der Waals surface area (Å²) in [4.78, 5) is 11.8. The molecule has 2 N–H and O–H groups in total. The Balaban J connectivity index is 5.32. The van der Waals surface area contributed by atoms with Crippen molar-refractivity contribution in [1.29, 1.82) is 0 Å². The number of methoxy groups -OCH3 is 1. The van der Waals surface area contributed by atoms with Gasteiger partial charge in [0, 0.05) is 5.54 Å². The molecule has 3 heteroatoms. The van der Waals surface area contributed by atoms with E-state index in [0.717, 1.165) is 12.8 Å². The Morgan fingerprint density at radius 3 is 1.72 bits per heavy atom. The van der Waals surface area contributed by atoms with E-state index in [0.29, 0.717) is 18.3 Å². The average Bonchev–Trinajstić information content (AvgIpc) is 2.13. The third-order valence-electron chi connectivity index (χ3n) is 3.68.